The van der Waals surface area contributed by atoms with E-state index in [-0.39, 0.29) is 4.90 Å². The van der Waals surface area contributed by atoms with E-state index in [1.807, 2.05) is 7.05 Å². The fourth-order valence-electron chi connectivity index (χ4n) is 2.77. The summed E-state index contributed by atoms with van der Waals surface area (Å²) in [5, 5.41) is 12.1. The number of sulfonamides is 1. The van der Waals surface area contributed by atoms with Crippen molar-refractivity contribution in [1.29, 1.82) is 5.26 Å². The van der Waals surface area contributed by atoms with Crippen LogP contribution in [0.4, 0.5) is 0 Å². The van der Waals surface area contributed by atoms with Gasteiger partial charge < -0.3 is 5.32 Å². The van der Waals surface area contributed by atoms with Crippen LogP contribution in [-0.4, -0.2) is 39.4 Å². The van der Waals surface area contributed by atoms with Crippen molar-refractivity contribution in [2.24, 2.45) is 5.92 Å². The first-order valence-electron chi connectivity index (χ1n) is 7.14. The van der Waals surface area contributed by atoms with Crippen molar-refractivity contribution >= 4 is 10.0 Å². The molecule has 1 aliphatic rings. The number of nitrogens with one attached hydrogen (secondary N) is 1. The Balaban J connectivity index is 2.25. The zero-order valence-corrected chi connectivity index (χ0v) is 13.3. The van der Waals surface area contributed by atoms with Gasteiger partial charge in [-0.3, -0.25) is 0 Å². The quantitative estimate of drug-likeness (QED) is 0.914. The van der Waals surface area contributed by atoms with Crippen molar-refractivity contribution in [2.75, 3.05) is 26.7 Å². The van der Waals surface area contributed by atoms with Gasteiger partial charge in [-0.1, -0.05) is 0 Å². The SMILES string of the molecule is CNCC1CCCN(S(=O)(=O)c2ccc(C#N)c(C)c2)C1. The summed E-state index contributed by atoms with van der Waals surface area (Å²) in [7, 11) is -1.58. The van der Waals surface area contributed by atoms with E-state index in [2.05, 4.69) is 11.4 Å². The summed E-state index contributed by atoms with van der Waals surface area (Å²) >= 11 is 0. The molecule has 1 aliphatic heterocycles. The monoisotopic (exact) mass is 307 g/mol. The number of nitriles is 1. The molecule has 1 aromatic carbocycles. The minimum absolute atomic E-state index is 0.282. The van der Waals surface area contributed by atoms with Crippen molar-refractivity contribution in [2.45, 2.75) is 24.7 Å². The molecule has 1 aromatic rings. The molecule has 1 atom stereocenters. The van der Waals surface area contributed by atoms with Crippen LogP contribution in [0.15, 0.2) is 23.1 Å². The van der Waals surface area contributed by atoms with Crippen LogP contribution in [0.2, 0.25) is 0 Å². The van der Waals surface area contributed by atoms with Gasteiger partial charge in [-0.05, 0) is 63.0 Å². The molecule has 1 N–H and O–H groups in total. The van der Waals surface area contributed by atoms with Gasteiger partial charge >= 0.3 is 0 Å². The third-order valence-electron chi connectivity index (χ3n) is 3.93. The first kappa shape index (κ1) is 16.0. The number of hydrogen-bond donors (Lipinski definition) is 1. The highest BCUT2D eigenvalue weighted by Crippen LogP contribution is 2.24. The maximum Gasteiger partial charge on any atom is 0.243 e. The van der Waals surface area contributed by atoms with Crippen LogP contribution in [0.3, 0.4) is 0 Å². The second-order valence-electron chi connectivity index (χ2n) is 5.52. The van der Waals surface area contributed by atoms with Gasteiger partial charge in [0.05, 0.1) is 16.5 Å². The average Bonchev–Trinajstić information content (AvgIpc) is 2.48. The predicted molar refractivity (Wildman–Crippen MR) is 81.3 cm³/mol. The molecule has 0 radical (unpaired) electrons. The summed E-state index contributed by atoms with van der Waals surface area (Å²) in [6.07, 6.45) is 1.94. The van der Waals surface area contributed by atoms with Crippen molar-refractivity contribution in [3.05, 3.63) is 29.3 Å². The van der Waals surface area contributed by atoms with E-state index < -0.39 is 10.0 Å². The molecule has 0 bridgehead atoms. The highest BCUT2D eigenvalue weighted by molar-refractivity contribution is 7.89. The van der Waals surface area contributed by atoms with E-state index in [9.17, 15) is 8.42 Å². The number of rotatable bonds is 4. The molecule has 0 aromatic heterocycles. The Morgan fingerprint density at radius 3 is 2.86 bits per heavy atom. The molecule has 6 heteroatoms. The van der Waals surface area contributed by atoms with E-state index in [0.29, 0.717) is 30.1 Å². The maximum atomic E-state index is 12.7. The van der Waals surface area contributed by atoms with E-state index in [4.69, 9.17) is 5.26 Å². The highest BCUT2D eigenvalue weighted by Gasteiger charge is 2.30. The van der Waals surface area contributed by atoms with Gasteiger partial charge in [0.25, 0.3) is 0 Å². The summed E-state index contributed by atoms with van der Waals surface area (Å²) in [6, 6.07) is 6.76. The summed E-state index contributed by atoms with van der Waals surface area (Å²) in [6.45, 7) is 3.72. The maximum absolute atomic E-state index is 12.7. The normalized spacial score (nSPS) is 20.1. The lowest BCUT2D eigenvalue weighted by atomic mass is 10.00. The average molecular weight is 307 g/mol. The van der Waals surface area contributed by atoms with Crippen molar-refractivity contribution in [1.82, 2.24) is 9.62 Å². The highest BCUT2D eigenvalue weighted by atomic mass is 32.2. The van der Waals surface area contributed by atoms with Gasteiger partial charge in [0.2, 0.25) is 10.0 Å². The molecule has 2 rings (SSSR count). The van der Waals surface area contributed by atoms with Crippen LogP contribution in [0, 0.1) is 24.2 Å². The second kappa shape index (κ2) is 6.56. The summed E-state index contributed by atoms with van der Waals surface area (Å²) in [5.41, 5.74) is 1.21. The first-order valence-corrected chi connectivity index (χ1v) is 8.58. The van der Waals surface area contributed by atoms with Gasteiger partial charge in [-0.25, -0.2) is 8.42 Å². The fourth-order valence-corrected chi connectivity index (χ4v) is 4.41. The van der Waals surface area contributed by atoms with E-state index in [1.54, 1.807) is 23.4 Å². The zero-order chi connectivity index (χ0) is 15.5. The predicted octanol–water partition coefficient (Wildman–Crippen LogP) is 1.49. The number of piperidine rings is 1. The Morgan fingerprint density at radius 2 is 2.24 bits per heavy atom. The van der Waals surface area contributed by atoms with Gasteiger partial charge in [0.15, 0.2) is 0 Å². The molecule has 1 heterocycles. The fraction of sp³-hybridized carbons (Fsp3) is 0.533. The molecular formula is C15H21N3O2S. The Labute approximate surface area is 126 Å². The summed E-state index contributed by atoms with van der Waals surface area (Å²) in [4.78, 5) is 0.282. The van der Waals surface area contributed by atoms with Gasteiger partial charge in [-0.15, -0.1) is 0 Å². The topological polar surface area (TPSA) is 73.2 Å². The lowest BCUT2D eigenvalue weighted by Gasteiger charge is -2.31. The van der Waals surface area contributed by atoms with Crippen LogP contribution in [0.1, 0.15) is 24.0 Å². The second-order valence-corrected chi connectivity index (χ2v) is 7.46. The van der Waals surface area contributed by atoms with E-state index in [0.717, 1.165) is 19.4 Å². The smallest absolute Gasteiger partial charge is 0.243 e. The van der Waals surface area contributed by atoms with Crippen LogP contribution < -0.4 is 5.32 Å². The van der Waals surface area contributed by atoms with E-state index in [1.165, 1.54) is 6.07 Å². The van der Waals surface area contributed by atoms with Crippen LogP contribution in [0.25, 0.3) is 0 Å². The largest absolute Gasteiger partial charge is 0.319 e. The molecule has 1 unspecified atom stereocenters. The summed E-state index contributed by atoms with van der Waals surface area (Å²) < 4.78 is 27.0. The lowest BCUT2D eigenvalue weighted by Crippen LogP contribution is -2.42. The lowest BCUT2D eigenvalue weighted by molar-refractivity contribution is 0.263. The molecule has 0 spiro atoms. The molecule has 0 saturated carbocycles. The molecule has 21 heavy (non-hydrogen) atoms. The number of nitrogens with zero attached hydrogens (tertiary/aromatic N) is 2. The Morgan fingerprint density at radius 1 is 1.48 bits per heavy atom. The molecular weight excluding hydrogens is 286 g/mol. The summed E-state index contributed by atoms with van der Waals surface area (Å²) in [5.74, 6) is 0.359. The third kappa shape index (κ3) is 3.43. The molecule has 0 amide bonds. The molecule has 0 aliphatic carbocycles. The van der Waals surface area contributed by atoms with Crippen molar-refractivity contribution in [3.63, 3.8) is 0 Å². The standard InChI is InChI=1S/C15H21N3O2S/c1-12-8-15(6-5-14(12)9-16)21(19,20)18-7-3-4-13(11-18)10-17-2/h5-6,8,13,17H,3-4,7,10-11H2,1-2H3. The number of hydrogen-bond acceptors (Lipinski definition) is 4. The first-order chi connectivity index (χ1) is 9.98. The Hall–Kier alpha value is -1.42. The minimum atomic E-state index is -3.46. The van der Waals surface area contributed by atoms with Gasteiger partial charge in [0.1, 0.15) is 0 Å². The molecule has 1 saturated heterocycles. The molecule has 5 nitrogen and oxygen atoms in total. The van der Waals surface area contributed by atoms with Crippen molar-refractivity contribution in [3.8, 4) is 6.07 Å². The van der Waals surface area contributed by atoms with Gasteiger partial charge in [-0.2, -0.15) is 9.57 Å². The van der Waals surface area contributed by atoms with Crippen LogP contribution >= 0.6 is 0 Å². The van der Waals surface area contributed by atoms with Crippen LogP contribution in [0.5, 0.6) is 0 Å². The molecule has 114 valence electrons. The Kier molecular flexibility index (Phi) is 4.99. The van der Waals surface area contributed by atoms with Crippen LogP contribution in [-0.2, 0) is 10.0 Å². The van der Waals surface area contributed by atoms with Gasteiger partial charge in [0, 0.05) is 13.1 Å². The number of benzene rings is 1. The number of aryl methyl sites for hydroxylation is 1. The Bertz CT molecular complexity index is 647. The van der Waals surface area contributed by atoms with Crippen molar-refractivity contribution < 1.29 is 8.42 Å². The minimum Gasteiger partial charge on any atom is -0.319 e. The van der Waals surface area contributed by atoms with E-state index >= 15 is 0 Å². The molecule has 1 fully saturated rings. The zero-order valence-electron chi connectivity index (χ0n) is 12.5. The third-order valence-corrected chi connectivity index (χ3v) is 5.79.